The number of thiol groups is 1. The van der Waals surface area contributed by atoms with Crippen molar-refractivity contribution in [3.05, 3.63) is 0 Å². The highest BCUT2D eigenvalue weighted by molar-refractivity contribution is 7.74. The maximum Gasteiger partial charge on any atom is 0.0888 e. The first-order valence-electron chi connectivity index (χ1n) is 3.28. The Balaban J connectivity index is 2.33. The highest BCUT2D eigenvalue weighted by Crippen LogP contribution is 2.17. The number of hydrogen-bond donors (Lipinski definition) is 1. The summed E-state index contributed by atoms with van der Waals surface area (Å²) in [5.41, 5.74) is 0. The van der Waals surface area contributed by atoms with Gasteiger partial charge in [0.15, 0.2) is 0 Å². The van der Waals surface area contributed by atoms with Crippen molar-refractivity contribution >= 4 is 12.8 Å². The highest BCUT2D eigenvalue weighted by Gasteiger charge is 2.19. The van der Waals surface area contributed by atoms with Crippen LogP contribution in [-0.2, 0) is 0 Å². The number of piperidine rings is 1. The molecule has 0 aromatic carbocycles. The van der Waals surface area contributed by atoms with Crippen LogP contribution in [0.25, 0.3) is 0 Å². The molecule has 1 saturated heterocycles. The molecule has 1 aliphatic heterocycles. The lowest BCUT2D eigenvalue weighted by Crippen LogP contribution is -2.38. The Morgan fingerprint density at radius 2 is 1.62 bits per heavy atom. The molecule has 1 aliphatic rings. The molecule has 0 bridgehead atoms. The molecule has 1 nitrogen and oxygen atoms in total. The first-order valence-corrected chi connectivity index (χ1v) is 3.68. The Labute approximate surface area is 56.8 Å². The van der Waals surface area contributed by atoms with Gasteiger partial charge in [0.2, 0.25) is 0 Å². The van der Waals surface area contributed by atoms with Crippen LogP contribution in [0, 0.1) is 0 Å². The monoisotopic (exact) mass is 132 g/mol. The lowest BCUT2D eigenvalue weighted by molar-refractivity contribution is -0.776. The number of likely N-dealkylation sites (tertiary alicyclic amines) is 1. The standard InChI is InChI=1S/C6H14NS/c1-7(8)5-3-2-4-6-7/h8H,2-6H2,1H3/q+1. The fraction of sp³-hybridized carbons (Fsp3) is 1.00. The summed E-state index contributed by atoms with van der Waals surface area (Å²) >= 11 is 4.46. The third kappa shape index (κ3) is 1.67. The Hall–Kier alpha value is 0.310. The van der Waals surface area contributed by atoms with Gasteiger partial charge in [-0.1, -0.05) is 0 Å². The molecule has 2 heteroatoms. The molecule has 0 radical (unpaired) electrons. The Kier molecular flexibility index (Phi) is 1.83. The summed E-state index contributed by atoms with van der Waals surface area (Å²) < 4.78 is 0.944. The van der Waals surface area contributed by atoms with E-state index in [1.165, 1.54) is 32.4 Å². The van der Waals surface area contributed by atoms with Crippen molar-refractivity contribution < 1.29 is 3.89 Å². The second-order valence-corrected chi connectivity index (χ2v) is 3.81. The molecule has 0 N–H and O–H groups in total. The van der Waals surface area contributed by atoms with Crippen molar-refractivity contribution in [2.24, 2.45) is 0 Å². The van der Waals surface area contributed by atoms with Gasteiger partial charge in [0, 0.05) is 0 Å². The lowest BCUT2D eigenvalue weighted by atomic mass is 10.1. The molecule has 0 aliphatic carbocycles. The molecule has 1 rings (SSSR count). The van der Waals surface area contributed by atoms with Crippen molar-refractivity contribution in [3.8, 4) is 0 Å². The Morgan fingerprint density at radius 3 is 1.88 bits per heavy atom. The van der Waals surface area contributed by atoms with Crippen LogP contribution in [0.2, 0.25) is 0 Å². The van der Waals surface area contributed by atoms with E-state index in [1.807, 2.05) is 0 Å². The summed E-state index contributed by atoms with van der Waals surface area (Å²) in [5.74, 6) is 0. The third-order valence-corrected chi connectivity index (χ3v) is 2.18. The fourth-order valence-corrected chi connectivity index (χ4v) is 1.48. The predicted octanol–water partition coefficient (Wildman–Crippen LogP) is 1.46. The zero-order valence-corrected chi connectivity index (χ0v) is 6.32. The molecular weight excluding hydrogens is 118 g/mol. The second-order valence-electron chi connectivity index (χ2n) is 2.85. The van der Waals surface area contributed by atoms with E-state index >= 15 is 0 Å². The average molecular weight is 132 g/mol. The highest BCUT2D eigenvalue weighted by atomic mass is 32.1. The van der Waals surface area contributed by atoms with Crippen LogP contribution >= 0.6 is 12.8 Å². The number of hydrogen-bond acceptors (Lipinski definition) is 1. The van der Waals surface area contributed by atoms with Crippen LogP contribution in [0.4, 0.5) is 0 Å². The van der Waals surface area contributed by atoms with Crippen LogP contribution in [-0.4, -0.2) is 24.0 Å². The summed E-state index contributed by atoms with van der Waals surface area (Å²) in [4.78, 5) is 0. The van der Waals surface area contributed by atoms with Crippen LogP contribution < -0.4 is 0 Å². The Bertz CT molecular complexity index is 72.6. The number of rotatable bonds is 0. The summed E-state index contributed by atoms with van der Waals surface area (Å²) in [5, 5.41) is 0. The lowest BCUT2D eigenvalue weighted by Gasteiger charge is -2.30. The van der Waals surface area contributed by atoms with Gasteiger partial charge in [0.25, 0.3) is 0 Å². The van der Waals surface area contributed by atoms with E-state index in [0.29, 0.717) is 0 Å². The molecule has 0 amide bonds. The smallest absolute Gasteiger partial charge is 0.0888 e. The largest absolute Gasteiger partial charge is 0.267 e. The van der Waals surface area contributed by atoms with Gasteiger partial charge in [-0.2, -0.15) is 0 Å². The van der Waals surface area contributed by atoms with Gasteiger partial charge >= 0.3 is 0 Å². The van der Waals surface area contributed by atoms with Gasteiger partial charge in [0.05, 0.1) is 33.0 Å². The van der Waals surface area contributed by atoms with E-state index in [-0.39, 0.29) is 0 Å². The molecule has 0 saturated carbocycles. The fourth-order valence-electron chi connectivity index (χ4n) is 1.19. The second kappa shape index (κ2) is 2.28. The summed E-state index contributed by atoms with van der Waals surface area (Å²) in [6.45, 7) is 2.51. The van der Waals surface area contributed by atoms with Crippen molar-refractivity contribution in [3.63, 3.8) is 0 Å². The predicted molar refractivity (Wildman–Crippen MR) is 38.8 cm³/mol. The van der Waals surface area contributed by atoms with Crippen molar-refractivity contribution in [1.29, 1.82) is 0 Å². The average Bonchev–Trinajstić information content (AvgIpc) is 1.65. The number of nitrogens with zero attached hydrogens (tertiary/aromatic N) is 1. The zero-order valence-electron chi connectivity index (χ0n) is 5.43. The third-order valence-electron chi connectivity index (χ3n) is 1.78. The van der Waals surface area contributed by atoms with Crippen LogP contribution in [0.15, 0.2) is 0 Å². The zero-order chi connectivity index (χ0) is 6.04. The van der Waals surface area contributed by atoms with E-state index in [4.69, 9.17) is 0 Å². The van der Waals surface area contributed by atoms with Crippen LogP contribution in [0.3, 0.4) is 0 Å². The molecule has 1 heterocycles. The van der Waals surface area contributed by atoms with E-state index in [1.54, 1.807) is 0 Å². The SMILES string of the molecule is C[N+]1(S)CCCCC1. The topological polar surface area (TPSA) is 0 Å². The summed E-state index contributed by atoms with van der Waals surface area (Å²) in [6, 6.07) is 0. The molecule has 0 aromatic rings. The van der Waals surface area contributed by atoms with E-state index in [9.17, 15) is 0 Å². The first kappa shape index (κ1) is 6.43. The minimum absolute atomic E-state index is 0.944. The molecule has 0 spiro atoms. The molecule has 48 valence electrons. The summed E-state index contributed by atoms with van der Waals surface area (Å²) in [6.07, 6.45) is 4.13. The maximum atomic E-state index is 4.46. The van der Waals surface area contributed by atoms with Crippen LogP contribution in [0.5, 0.6) is 0 Å². The van der Waals surface area contributed by atoms with Crippen LogP contribution in [0.1, 0.15) is 19.3 Å². The summed E-state index contributed by atoms with van der Waals surface area (Å²) in [7, 11) is 2.18. The first-order chi connectivity index (χ1) is 3.71. The molecular formula is C6H14NS+. The van der Waals surface area contributed by atoms with Gasteiger partial charge in [-0.25, -0.2) is 0 Å². The molecule has 8 heavy (non-hydrogen) atoms. The maximum absolute atomic E-state index is 4.46. The van der Waals surface area contributed by atoms with Crippen molar-refractivity contribution in [1.82, 2.24) is 0 Å². The molecule has 0 aromatic heterocycles. The van der Waals surface area contributed by atoms with E-state index in [2.05, 4.69) is 19.9 Å². The minimum Gasteiger partial charge on any atom is -0.267 e. The molecule has 0 atom stereocenters. The van der Waals surface area contributed by atoms with Gasteiger partial charge in [-0.3, -0.25) is 3.89 Å². The van der Waals surface area contributed by atoms with Gasteiger partial charge in [0.1, 0.15) is 0 Å². The van der Waals surface area contributed by atoms with Gasteiger partial charge in [-0.05, 0) is 19.3 Å². The van der Waals surface area contributed by atoms with E-state index in [0.717, 1.165) is 3.89 Å². The molecule has 1 fully saturated rings. The quantitative estimate of drug-likeness (QED) is 0.374. The minimum atomic E-state index is 0.944. The van der Waals surface area contributed by atoms with E-state index < -0.39 is 0 Å². The van der Waals surface area contributed by atoms with Crippen molar-refractivity contribution in [2.45, 2.75) is 19.3 Å². The van der Waals surface area contributed by atoms with Gasteiger partial charge < -0.3 is 0 Å². The van der Waals surface area contributed by atoms with Gasteiger partial charge in [-0.15, -0.1) is 0 Å². The number of quaternary nitrogens is 1. The van der Waals surface area contributed by atoms with Crippen molar-refractivity contribution in [2.75, 3.05) is 20.1 Å². The Morgan fingerprint density at radius 1 is 1.12 bits per heavy atom. The normalized spacial score (nSPS) is 27.8. The molecule has 0 unspecified atom stereocenters.